The minimum absolute atomic E-state index is 0.207. The fourth-order valence-corrected chi connectivity index (χ4v) is 1.58. The van der Waals surface area contributed by atoms with Crippen LogP contribution in [0.15, 0.2) is 24.3 Å². The smallest absolute Gasteiger partial charge is 0.128 e. The van der Waals surface area contributed by atoms with Crippen molar-refractivity contribution in [2.24, 2.45) is 0 Å². The zero-order valence-corrected chi connectivity index (χ0v) is 11.8. The second-order valence-electron chi connectivity index (χ2n) is 4.67. The molecular formula is C15H24FNO2. The van der Waals surface area contributed by atoms with E-state index in [1.807, 2.05) is 19.9 Å². The summed E-state index contributed by atoms with van der Waals surface area (Å²) >= 11 is 0. The Morgan fingerprint density at radius 1 is 1.16 bits per heavy atom. The van der Waals surface area contributed by atoms with E-state index >= 15 is 0 Å². The zero-order chi connectivity index (χ0) is 13.9. The van der Waals surface area contributed by atoms with Crippen LogP contribution in [-0.4, -0.2) is 32.4 Å². The van der Waals surface area contributed by atoms with E-state index in [-0.39, 0.29) is 5.82 Å². The first kappa shape index (κ1) is 16.1. The molecule has 1 aromatic rings. The molecule has 0 fully saturated rings. The molecule has 1 N–H and O–H groups in total. The molecule has 0 saturated heterocycles. The van der Waals surface area contributed by atoms with Gasteiger partial charge in [0.1, 0.15) is 5.82 Å². The van der Waals surface area contributed by atoms with E-state index in [4.69, 9.17) is 9.47 Å². The second-order valence-corrected chi connectivity index (χ2v) is 4.67. The highest BCUT2D eigenvalue weighted by atomic mass is 19.1. The summed E-state index contributed by atoms with van der Waals surface area (Å²) in [6.07, 6.45) is 1.29. The molecule has 0 atom stereocenters. The summed E-state index contributed by atoms with van der Waals surface area (Å²) in [6, 6.07) is 6.69. The third-order valence-electron chi connectivity index (χ3n) is 2.59. The Bertz CT molecular complexity index is 345. The maximum Gasteiger partial charge on any atom is 0.128 e. The Morgan fingerprint density at radius 2 is 1.95 bits per heavy atom. The van der Waals surface area contributed by atoms with E-state index in [1.165, 1.54) is 6.07 Å². The van der Waals surface area contributed by atoms with Crippen LogP contribution < -0.4 is 5.32 Å². The summed E-state index contributed by atoms with van der Waals surface area (Å²) in [5.74, 6) is -0.207. The molecule has 0 aliphatic rings. The van der Waals surface area contributed by atoms with Crippen LogP contribution in [0.2, 0.25) is 0 Å². The van der Waals surface area contributed by atoms with Crippen LogP contribution in [0.1, 0.15) is 25.8 Å². The maximum atomic E-state index is 13.3. The summed E-state index contributed by atoms with van der Waals surface area (Å²) in [4.78, 5) is 0. The maximum absolute atomic E-state index is 13.3. The minimum atomic E-state index is -0.207. The van der Waals surface area contributed by atoms with Crippen LogP contribution in [0.4, 0.5) is 4.39 Å². The summed E-state index contributed by atoms with van der Waals surface area (Å²) in [5.41, 5.74) is 0.604. The van der Waals surface area contributed by atoms with Gasteiger partial charge in [-0.3, -0.25) is 0 Å². The normalized spacial score (nSPS) is 11.2. The molecule has 4 heteroatoms. The van der Waals surface area contributed by atoms with Gasteiger partial charge >= 0.3 is 0 Å². The lowest BCUT2D eigenvalue weighted by molar-refractivity contribution is 0.0761. The van der Waals surface area contributed by atoms with Gasteiger partial charge in [0.2, 0.25) is 0 Å². The number of nitrogens with one attached hydrogen (secondary N) is 1. The average molecular weight is 269 g/mol. The lowest BCUT2D eigenvalue weighted by Crippen LogP contribution is -2.22. The number of halogens is 1. The first-order valence-electron chi connectivity index (χ1n) is 6.83. The second kappa shape index (κ2) is 9.89. The minimum Gasteiger partial charge on any atom is -0.379 e. The Labute approximate surface area is 115 Å². The van der Waals surface area contributed by atoms with Gasteiger partial charge in [-0.15, -0.1) is 0 Å². The van der Waals surface area contributed by atoms with Gasteiger partial charge in [-0.05, 0) is 32.9 Å². The van der Waals surface area contributed by atoms with Crippen molar-refractivity contribution >= 4 is 0 Å². The predicted molar refractivity (Wildman–Crippen MR) is 74.6 cm³/mol. The molecule has 19 heavy (non-hydrogen) atoms. The molecule has 0 heterocycles. The number of benzene rings is 1. The first-order valence-corrected chi connectivity index (χ1v) is 6.83. The van der Waals surface area contributed by atoms with Gasteiger partial charge in [0.05, 0.1) is 19.3 Å². The van der Waals surface area contributed by atoms with Crippen molar-refractivity contribution in [2.45, 2.75) is 33.0 Å². The van der Waals surface area contributed by atoms with Gasteiger partial charge in [-0.2, -0.15) is 0 Å². The number of ether oxygens (including phenoxy) is 2. The standard InChI is InChI=1S/C15H24FNO2/c1-13(2)19-10-5-8-17-9-11-18-12-14-6-3-4-7-15(14)16/h3-4,6-7,13,17H,5,8-12H2,1-2H3. The average Bonchev–Trinajstić information content (AvgIpc) is 2.38. The van der Waals surface area contributed by atoms with E-state index in [0.29, 0.717) is 24.9 Å². The van der Waals surface area contributed by atoms with Crippen molar-refractivity contribution < 1.29 is 13.9 Å². The number of hydrogen-bond acceptors (Lipinski definition) is 3. The van der Waals surface area contributed by atoms with Crippen molar-refractivity contribution in [2.75, 3.05) is 26.3 Å². The van der Waals surface area contributed by atoms with Gasteiger partial charge < -0.3 is 14.8 Å². The molecular weight excluding hydrogens is 245 g/mol. The van der Waals surface area contributed by atoms with E-state index in [2.05, 4.69) is 5.32 Å². The van der Waals surface area contributed by atoms with Crippen LogP contribution in [0.25, 0.3) is 0 Å². The van der Waals surface area contributed by atoms with Crippen molar-refractivity contribution in [3.63, 3.8) is 0 Å². The molecule has 1 rings (SSSR count). The summed E-state index contributed by atoms with van der Waals surface area (Å²) < 4.78 is 24.1. The van der Waals surface area contributed by atoms with Crippen LogP contribution in [0, 0.1) is 5.82 Å². The van der Waals surface area contributed by atoms with Gasteiger partial charge in [-0.25, -0.2) is 4.39 Å². The van der Waals surface area contributed by atoms with Gasteiger partial charge in [-0.1, -0.05) is 18.2 Å². The van der Waals surface area contributed by atoms with Crippen molar-refractivity contribution in [3.05, 3.63) is 35.6 Å². The molecule has 0 radical (unpaired) electrons. The summed E-state index contributed by atoms with van der Waals surface area (Å²) in [6.45, 7) is 7.44. The molecule has 0 aromatic heterocycles. The highest BCUT2D eigenvalue weighted by molar-refractivity contribution is 5.16. The highest BCUT2D eigenvalue weighted by Gasteiger charge is 1.99. The molecule has 108 valence electrons. The van der Waals surface area contributed by atoms with Gasteiger partial charge in [0, 0.05) is 18.7 Å². The third-order valence-corrected chi connectivity index (χ3v) is 2.59. The molecule has 1 aromatic carbocycles. The monoisotopic (exact) mass is 269 g/mol. The van der Waals surface area contributed by atoms with Crippen LogP contribution in [-0.2, 0) is 16.1 Å². The summed E-state index contributed by atoms with van der Waals surface area (Å²) in [5, 5.41) is 3.26. The van der Waals surface area contributed by atoms with Crippen molar-refractivity contribution in [3.8, 4) is 0 Å². The molecule has 0 spiro atoms. The van der Waals surface area contributed by atoms with Crippen LogP contribution in [0.3, 0.4) is 0 Å². The fourth-order valence-electron chi connectivity index (χ4n) is 1.58. The van der Waals surface area contributed by atoms with Crippen LogP contribution in [0.5, 0.6) is 0 Å². The SMILES string of the molecule is CC(C)OCCCNCCOCc1ccccc1F. The summed E-state index contributed by atoms with van der Waals surface area (Å²) in [7, 11) is 0. The molecule has 0 unspecified atom stereocenters. The number of rotatable bonds is 10. The molecule has 0 aliphatic heterocycles. The number of hydrogen-bond donors (Lipinski definition) is 1. The Hall–Kier alpha value is -0.970. The van der Waals surface area contributed by atoms with Gasteiger partial charge in [0.25, 0.3) is 0 Å². The zero-order valence-electron chi connectivity index (χ0n) is 11.8. The Balaban J connectivity index is 1.93. The highest BCUT2D eigenvalue weighted by Crippen LogP contribution is 2.07. The van der Waals surface area contributed by atoms with E-state index in [9.17, 15) is 4.39 Å². The first-order chi connectivity index (χ1) is 9.20. The molecule has 3 nitrogen and oxygen atoms in total. The lowest BCUT2D eigenvalue weighted by atomic mass is 10.2. The largest absolute Gasteiger partial charge is 0.379 e. The van der Waals surface area contributed by atoms with E-state index in [0.717, 1.165) is 26.1 Å². The molecule has 0 saturated carbocycles. The Morgan fingerprint density at radius 3 is 2.68 bits per heavy atom. The topological polar surface area (TPSA) is 30.5 Å². The molecule has 0 bridgehead atoms. The fraction of sp³-hybridized carbons (Fsp3) is 0.600. The van der Waals surface area contributed by atoms with Gasteiger partial charge in [0.15, 0.2) is 0 Å². The third kappa shape index (κ3) is 7.93. The molecule has 0 aliphatic carbocycles. The van der Waals surface area contributed by atoms with E-state index < -0.39 is 0 Å². The van der Waals surface area contributed by atoms with Crippen molar-refractivity contribution in [1.82, 2.24) is 5.32 Å². The lowest BCUT2D eigenvalue weighted by Gasteiger charge is -2.08. The van der Waals surface area contributed by atoms with Crippen molar-refractivity contribution in [1.29, 1.82) is 0 Å². The predicted octanol–water partition coefficient (Wildman–Crippen LogP) is 2.75. The molecule has 0 amide bonds. The quantitative estimate of drug-likeness (QED) is 0.663. The Kier molecular flexibility index (Phi) is 8.38. The van der Waals surface area contributed by atoms with E-state index in [1.54, 1.807) is 12.1 Å². The van der Waals surface area contributed by atoms with Crippen LogP contribution >= 0.6 is 0 Å².